The molecule has 3 heterocycles. The zero-order chi connectivity index (χ0) is 23.8. The van der Waals surface area contributed by atoms with Crippen molar-refractivity contribution in [1.82, 2.24) is 19.6 Å². The van der Waals surface area contributed by atoms with Gasteiger partial charge in [-0.1, -0.05) is 17.7 Å². The quantitative estimate of drug-likeness (QED) is 0.651. The van der Waals surface area contributed by atoms with Gasteiger partial charge in [0.2, 0.25) is 0 Å². The molecule has 0 atom stereocenters. The van der Waals surface area contributed by atoms with Crippen LogP contribution in [0.5, 0.6) is 0 Å². The van der Waals surface area contributed by atoms with E-state index in [9.17, 15) is 22.8 Å². The Labute approximate surface area is 191 Å². The average molecular weight is 476 g/mol. The SMILES string of the molecule is CCOC(=O)N1CCN(C(=O)C(=O)Nc2c3c(nn2-c2ccc(C)cc2)CS(=O)(=O)C3)CC1. The van der Waals surface area contributed by atoms with Gasteiger partial charge in [-0.2, -0.15) is 5.10 Å². The average Bonchev–Trinajstić information content (AvgIpc) is 3.26. The summed E-state index contributed by atoms with van der Waals surface area (Å²) in [6.07, 6.45) is -0.451. The molecule has 11 nitrogen and oxygen atoms in total. The van der Waals surface area contributed by atoms with Crippen LogP contribution in [-0.4, -0.2) is 78.7 Å². The molecule has 0 unspecified atom stereocenters. The highest BCUT2D eigenvalue weighted by Gasteiger charge is 2.35. The number of benzene rings is 1. The predicted molar refractivity (Wildman–Crippen MR) is 118 cm³/mol. The minimum absolute atomic E-state index is 0.179. The molecule has 176 valence electrons. The summed E-state index contributed by atoms with van der Waals surface area (Å²) in [4.78, 5) is 40.3. The number of nitrogens with zero attached hydrogens (tertiary/aromatic N) is 4. The maximum Gasteiger partial charge on any atom is 0.409 e. The minimum Gasteiger partial charge on any atom is -0.450 e. The summed E-state index contributed by atoms with van der Waals surface area (Å²) in [7, 11) is -3.36. The first-order valence-electron chi connectivity index (χ1n) is 10.6. The topological polar surface area (TPSA) is 131 Å². The lowest BCUT2D eigenvalue weighted by Gasteiger charge is -2.33. The molecule has 2 aliphatic heterocycles. The van der Waals surface area contributed by atoms with Gasteiger partial charge in [-0.3, -0.25) is 9.59 Å². The smallest absolute Gasteiger partial charge is 0.409 e. The highest BCUT2D eigenvalue weighted by Crippen LogP contribution is 2.33. The third-order valence-corrected chi connectivity index (χ3v) is 7.03. The third-order valence-electron chi connectivity index (χ3n) is 5.59. The summed E-state index contributed by atoms with van der Waals surface area (Å²) in [5.74, 6) is -1.94. The third kappa shape index (κ3) is 4.70. The van der Waals surface area contributed by atoms with Crippen LogP contribution in [0.3, 0.4) is 0 Å². The standard InChI is InChI=1S/C21H25N5O6S/c1-3-32-21(29)25-10-8-24(9-11-25)20(28)19(27)22-18-16-12-33(30,31)13-17(16)23-26(18)15-6-4-14(2)5-7-15/h4-7H,3,8-13H2,1-2H3,(H,22,27). The number of nitrogens with one attached hydrogen (secondary N) is 1. The Morgan fingerprint density at radius 1 is 1.03 bits per heavy atom. The van der Waals surface area contributed by atoms with Crippen molar-refractivity contribution >= 4 is 33.6 Å². The molecular formula is C21H25N5O6S. The van der Waals surface area contributed by atoms with Gasteiger partial charge in [-0.05, 0) is 26.0 Å². The van der Waals surface area contributed by atoms with E-state index in [0.29, 0.717) is 16.9 Å². The lowest BCUT2D eigenvalue weighted by molar-refractivity contribution is -0.144. The summed E-state index contributed by atoms with van der Waals surface area (Å²) < 4.78 is 30.6. The molecule has 33 heavy (non-hydrogen) atoms. The Hall–Kier alpha value is -3.41. The largest absolute Gasteiger partial charge is 0.450 e. The Kier molecular flexibility index (Phi) is 6.11. The van der Waals surface area contributed by atoms with Crippen LogP contribution in [0.1, 0.15) is 23.7 Å². The predicted octanol–water partition coefficient (Wildman–Crippen LogP) is 0.848. The molecular weight excluding hydrogens is 450 g/mol. The number of amides is 3. The zero-order valence-corrected chi connectivity index (χ0v) is 19.2. The summed E-state index contributed by atoms with van der Waals surface area (Å²) in [6.45, 7) is 4.80. The minimum atomic E-state index is -3.36. The number of aryl methyl sites for hydroxylation is 1. The highest BCUT2D eigenvalue weighted by molar-refractivity contribution is 7.90. The molecule has 1 aromatic carbocycles. The molecule has 4 rings (SSSR count). The molecule has 0 spiro atoms. The Bertz CT molecular complexity index is 1200. The lowest BCUT2D eigenvalue weighted by Crippen LogP contribution is -2.53. The summed E-state index contributed by atoms with van der Waals surface area (Å²) in [5, 5.41) is 6.99. The first kappa shape index (κ1) is 22.8. The van der Waals surface area contributed by atoms with E-state index in [-0.39, 0.29) is 50.1 Å². The van der Waals surface area contributed by atoms with Crippen molar-refractivity contribution in [3.63, 3.8) is 0 Å². The van der Waals surface area contributed by atoms with E-state index < -0.39 is 27.7 Å². The van der Waals surface area contributed by atoms with E-state index in [2.05, 4.69) is 10.4 Å². The molecule has 2 aromatic rings. The number of rotatable bonds is 3. The molecule has 0 bridgehead atoms. The highest BCUT2D eigenvalue weighted by atomic mass is 32.2. The van der Waals surface area contributed by atoms with Crippen molar-refractivity contribution in [3.05, 3.63) is 41.1 Å². The second-order valence-corrected chi connectivity index (χ2v) is 10.1. The van der Waals surface area contributed by atoms with Crippen molar-refractivity contribution in [1.29, 1.82) is 0 Å². The fraction of sp³-hybridized carbons (Fsp3) is 0.429. The second-order valence-electron chi connectivity index (χ2n) is 7.99. The molecule has 0 aliphatic carbocycles. The number of anilines is 1. The monoisotopic (exact) mass is 475 g/mol. The Morgan fingerprint density at radius 2 is 1.67 bits per heavy atom. The van der Waals surface area contributed by atoms with Crippen LogP contribution in [-0.2, 0) is 35.7 Å². The molecule has 2 aliphatic rings. The summed E-state index contributed by atoms with van der Waals surface area (Å²) in [6, 6.07) is 7.35. The summed E-state index contributed by atoms with van der Waals surface area (Å²) >= 11 is 0. The maximum atomic E-state index is 12.8. The summed E-state index contributed by atoms with van der Waals surface area (Å²) in [5.41, 5.74) is 2.42. The van der Waals surface area contributed by atoms with Crippen LogP contribution in [0.25, 0.3) is 5.69 Å². The number of ether oxygens (including phenoxy) is 1. The molecule has 1 fully saturated rings. The van der Waals surface area contributed by atoms with E-state index in [0.717, 1.165) is 5.56 Å². The Morgan fingerprint density at radius 3 is 2.30 bits per heavy atom. The van der Waals surface area contributed by atoms with Crippen LogP contribution in [0.4, 0.5) is 10.6 Å². The van der Waals surface area contributed by atoms with E-state index in [1.807, 2.05) is 19.1 Å². The number of hydrogen-bond donors (Lipinski definition) is 1. The van der Waals surface area contributed by atoms with Crippen LogP contribution in [0, 0.1) is 6.92 Å². The van der Waals surface area contributed by atoms with Gasteiger partial charge in [0.25, 0.3) is 0 Å². The van der Waals surface area contributed by atoms with Gasteiger partial charge in [0.1, 0.15) is 5.82 Å². The van der Waals surface area contributed by atoms with Gasteiger partial charge in [0, 0.05) is 31.7 Å². The van der Waals surface area contributed by atoms with Gasteiger partial charge in [0.05, 0.1) is 29.5 Å². The number of aromatic nitrogens is 2. The first-order valence-corrected chi connectivity index (χ1v) is 12.4. The lowest BCUT2D eigenvalue weighted by atomic mass is 10.2. The number of sulfone groups is 1. The van der Waals surface area contributed by atoms with Crippen molar-refractivity contribution in [2.24, 2.45) is 0 Å². The van der Waals surface area contributed by atoms with Gasteiger partial charge in [0.15, 0.2) is 9.84 Å². The van der Waals surface area contributed by atoms with Gasteiger partial charge in [-0.15, -0.1) is 0 Å². The maximum absolute atomic E-state index is 12.8. The molecule has 1 N–H and O–H groups in total. The van der Waals surface area contributed by atoms with Crippen LogP contribution < -0.4 is 5.32 Å². The fourth-order valence-corrected chi connectivity index (χ4v) is 5.35. The van der Waals surface area contributed by atoms with Gasteiger partial charge >= 0.3 is 17.9 Å². The number of hydrogen-bond acceptors (Lipinski definition) is 7. The molecule has 0 radical (unpaired) electrons. The number of carbonyl (C=O) groups excluding carboxylic acids is 3. The van der Waals surface area contributed by atoms with Crippen molar-refractivity contribution < 1.29 is 27.5 Å². The van der Waals surface area contributed by atoms with E-state index >= 15 is 0 Å². The van der Waals surface area contributed by atoms with Crippen molar-refractivity contribution in [2.45, 2.75) is 25.4 Å². The molecule has 0 saturated carbocycles. The fourth-order valence-electron chi connectivity index (χ4n) is 3.86. The zero-order valence-electron chi connectivity index (χ0n) is 18.4. The number of fused-ring (bicyclic) bond motifs is 1. The molecule has 1 saturated heterocycles. The van der Waals surface area contributed by atoms with Gasteiger partial charge < -0.3 is 19.9 Å². The number of piperazine rings is 1. The van der Waals surface area contributed by atoms with E-state index in [1.165, 1.54) is 14.5 Å². The normalized spacial score (nSPS) is 16.9. The number of carbonyl (C=O) groups is 3. The molecule has 3 amide bonds. The second kappa shape index (κ2) is 8.85. The van der Waals surface area contributed by atoms with E-state index in [4.69, 9.17) is 4.74 Å². The van der Waals surface area contributed by atoms with Gasteiger partial charge in [-0.25, -0.2) is 17.9 Å². The van der Waals surface area contributed by atoms with Crippen LogP contribution in [0.15, 0.2) is 24.3 Å². The van der Waals surface area contributed by atoms with Crippen LogP contribution in [0.2, 0.25) is 0 Å². The first-order chi connectivity index (χ1) is 15.7. The van der Waals surface area contributed by atoms with Crippen LogP contribution >= 0.6 is 0 Å². The Balaban J connectivity index is 1.52. The molecule has 1 aromatic heterocycles. The molecule has 12 heteroatoms. The van der Waals surface area contributed by atoms with E-state index in [1.54, 1.807) is 19.1 Å². The van der Waals surface area contributed by atoms with Crippen molar-refractivity contribution in [2.75, 3.05) is 38.1 Å². The van der Waals surface area contributed by atoms with Crippen molar-refractivity contribution in [3.8, 4) is 5.69 Å².